The van der Waals surface area contributed by atoms with Crippen LogP contribution in [-0.2, 0) is 4.79 Å². The minimum Gasteiger partial charge on any atom is -0.493 e. The van der Waals surface area contributed by atoms with Crippen molar-refractivity contribution in [2.24, 2.45) is 0 Å². The zero-order valence-electron chi connectivity index (χ0n) is 17.0. The summed E-state index contributed by atoms with van der Waals surface area (Å²) in [5.41, 5.74) is 0.965. The summed E-state index contributed by atoms with van der Waals surface area (Å²) in [6, 6.07) is 11.7. The predicted octanol–water partition coefficient (Wildman–Crippen LogP) is 5.85. The van der Waals surface area contributed by atoms with E-state index >= 15 is 0 Å². The van der Waals surface area contributed by atoms with Crippen LogP contribution in [0.3, 0.4) is 0 Å². The summed E-state index contributed by atoms with van der Waals surface area (Å²) < 4.78 is 30.9. The number of nitrogens with one attached hydrogen (secondary N) is 1. The number of nitrogens with zero attached hydrogens (tertiary/aromatic N) is 1. The molecule has 3 aromatic rings. The molecule has 8 heteroatoms. The third-order valence-electron chi connectivity index (χ3n) is 4.06. The lowest BCUT2D eigenvalue weighted by atomic mass is 10.1. The number of halogens is 1. The van der Waals surface area contributed by atoms with Crippen LogP contribution in [0.5, 0.6) is 27.5 Å². The normalized spacial score (nSPS) is 11.6. The lowest BCUT2D eigenvalue weighted by molar-refractivity contribution is -0.119. The molecule has 1 unspecified atom stereocenters. The molecule has 0 aliphatic carbocycles. The van der Waals surface area contributed by atoms with E-state index in [1.54, 1.807) is 6.07 Å². The first-order chi connectivity index (χ1) is 14.4. The molecule has 3 rings (SSSR count). The van der Waals surface area contributed by atoms with Gasteiger partial charge in [-0.2, -0.15) is 0 Å². The molecular weight excluding hydrogens is 407 g/mol. The third-order valence-corrected chi connectivity index (χ3v) is 4.81. The molecule has 1 aromatic heterocycles. The highest BCUT2D eigenvalue weighted by molar-refractivity contribution is 7.15. The number of ether oxygens (including phenoxy) is 3. The van der Waals surface area contributed by atoms with Gasteiger partial charge in [-0.15, -0.1) is 0 Å². The molecule has 0 radical (unpaired) electrons. The number of carbonyl (C=O) groups is 1. The smallest absolute Gasteiger partial charge is 0.282 e. The number of benzene rings is 2. The summed E-state index contributed by atoms with van der Waals surface area (Å²) in [5, 5.41) is 3.61. The summed E-state index contributed by atoms with van der Waals surface area (Å²) >= 11 is 1.16. The van der Waals surface area contributed by atoms with Gasteiger partial charge in [0.25, 0.3) is 5.19 Å². The first-order valence-corrected chi connectivity index (χ1v) is 10.4. The number of aromatic nitrogens is 1. The van der Waals surface area contributed by atoms with E-state index in [9.17, 15) is 9.18 Å². The molecule has 2 aromatic carbocycles. The van der Waals surface area contributed by atoms with Crippen molar-refractivity contribution < 1.29 is 23.4 Å². The summed E-state index contributed by atoms with van der Waals surface area (Å²) in [4.78, 5) is 15.3. The third kappa shape index (κ3) is 5.93. The summed E-state index contributed by atoms with van der Waals surface area (Å²) in [6.45, 7) is 5.90. The second-order valence-corrected chi connectivity index (χ2v) is 7.54. The van der Waals surface area contributed by atoms with Gasteiger partial charge in [0, 0.05) is 13.0 Å². The molecule has 0 aliphatic rings. The van der Waals surface area contributed by atoms with Crippen molar-refractivity contribution in [1.29, 1.82) is 0 Å². The molecule has 0 saturated heterocycles. The number of hydrogen-bond donors (Lipinski definition) is 1. The average Bonchev–Trinajstić information content (AvgIpc) is 3.15. The molecule has 1 N–H and O–H groups in total. The van der Waals surface area contributed by atoms with Crippen molar-refractivity contribution >= 4 is 17.2 Å². The Hall–Kier alpha value is -3.13. The number of amides is 1. The molecular formula is C22H23FN2O4S. The number of hydrogen-bond acceptors (Lipinski definition) is 6. The molecule has 0 aliphatic heterocycles. The van der Waals surface area contributed by atoms with Gasteiger partial charge in [-0.25, -0.2) is 9.37 Å². The van der Waals surface area contributed by atoms with E-state index in [0.717, 1.165) is 23.3 Å². The van der Waals surface area contributed by atoms with E-state index in [4.69, 9.17) is 14.2 Å². The van der Waals surface area contributed by atoms with Gasteiger partial charge in [-0.3, -0.25) is 4.79 Å². The minimum absolute atomic E-state index is 0.0658. The second kappa shape index (κ2) is 10.1. The van der Waals surface area contributed by atoms with Gasteiger partial charge >= 0.3 is 0 Å². The molecule has 0 saturated carbocycles. The van der Waals surface area contributed by atoms with Crippen molar-refractivity contribution in [2.45, 2.75) is 33.2 Å². The standard InChI is InChI=1S/C22H23FN2O4S/c1-4-11-27-18-9-10-20(19(23)12-18)29-22-24-13-21(30-22)28-17-7-5-16(6-8-17)14(2)25-15(3)26/h5-10,12-14H,4,11H2,1-3H3,(H,25,26). The first-order valence-electron chi connectivity index (χ1n) is 9.55. The average molecular weight is 431 g/mol. The van der Waals surface area contributed by atoms with Gasteiger partial charge in [0.05, 0.1) is 18.8 Å². The monoisotopic (exact) mass is 430 g/mol. The SMILES string of the molecule is CCCOc1ccc(Oc2ncc(Oc3ccc(C(C)NC(C)=O)cc3)s2)c(F)c1. The Morgan fingerprint density at radius 3 is 2.57 bits per heavy atom. The zero-order chi connectivity index (χ0) is 21.5. The van der Waals surface area contributed by atoms with Crippen LogP contribution in [0, 0.1) is 5.82 Å². The van der Waals surface area contributed by atoms with Gasteiger partial charge in [-0.1, -0.05) is 19.1 Å². The highest BCUT2D eigenvalue weighted by Crippen LogP contribution is 2.35. The van der Waals surface area contributed by atoms with Crippen LogP contribution in [-0.4, -0.2) is 17.5 Å². The fraction of sp³-hybridized carbons (Fsp3) is 0.273. The maximum Gasteiger partial charge on any atom is 0.282 e. The maximum absolute atomic E-state index is 14.2. The molecule has 0 spiro atoms. The Balaban J connectivity index is 1.61. The van der Waals surface area contributed by atoms with Crippen LogP contribution < -0.4 is 19.5 Å². The van der Waals surface area contributed by atoms with E-state index in [1.807, 2.05) is 38.1 Å². The quantitative estimate of drug-likeness (QED) is 0.461. The summed E-state index contributed by atoms with van der Waals surface area (Å²) in [6.07, 6.45) is 2.36. The van der Waals surface area contributed by atoms with Crippen LogP contribution in [0.2, 0.25) is 0 Å². The predicted molar refractivity (Wildman–Crippen MR) is 113 cm³/mol. The van der Waals surface area contributed by atoms with Gasteiger partial charge in [-0.05, 0) is 54.5 Å². The molecule has 158 valence electrons. The Labute approximate surface area is 178 Å². The summed E-state index contributed by atoms with van der Waals surface area (Å²) in [5.74, 6) is 0.537. The molecule has 0 fully saturated rings. The number of rotatable bonds is 9. The highest BCUT2D eigenvalue weighted by atomic mass is 32.1. The highest BCUT2D eigenvalue weighted by Gasteiger charge is 2.12. The maximum atomic E-state index is 14.2. The first kappa shape index (κ1) is 21.6. The Morgan fingerprint density at radius 2 is 1.90 bits per heavy atom. The fourth-order valence-electron chi connectivity index (χ4n) is 2.64. The van der Waals surface area contributed by atoms with Gasteiger partial charge in [0.2, 0.25) is 11.0 Å². The van der Waals surface area contributed by atoms with Gasteiger partial charge < -0.3 is 19.5 Å². The topological polar surface area (TPSA) is 69.7 Å². The largest absolute Gasteiger partial charge is 0.493 e. The Bertz CT molecular complexity index is 991. The Kier molecular flexibility index (Phi) is 7.24. The van der Waals surface area contributed by atoms with Crippen molar-refractivity contribution in [3.63, 3.8) is 0 Å². The van der Waals surface area contributed by atoms with E-state index < -0.39 is 5.82 Å². The lowest BCUT2D eigenvalue weighted by Crippen LogP contribution is -2.23. The van der Waals surface area contributed by atoms with Crippen molar-refractivity contribution in [3.05, 3.63) is 60.0 Å². The molecule has 6 nitrogen and oxygen atoms in total. The van der Waals surface area contributed by atoms with Crippen LogP contribution in [0.1, 0.15) is 38.8 Å². The molecule has 1 heterocycles. The van der Waals surface area contributed by atoms with Gasteiger partial charge in [0.15, 0.2) is 11.6 Å². The molecule has 1 atom stereocenters. The molecule has 30 heavy (non-hydrogen) atoms. The van der Waals surface area contributed by atoms with E-state index in [-0.39, 0.29) is 22.9 Å². The van der Waals surface area contributed by atoms with Crippen molar-refractivity contribution in [2.75, 3.05) is 6.61 Å². The zero-order valence-corrected chi connectivity index (χ0v) is 17.8. The lowest BCUT2D eigenvalue weighted by Gasteiger charge is -2.13. The van der Waals surface area contributed by atoms with Gasteiger partial charge in [0.1, 0.15) is 11.5 Å². The van der Waals surface area contributed by atoms with Crippen LogP contribution in [0.15, 0.2) is 48.7 Å². The second-order valence-electron chi connectivity index (χ2n) is 6.58. The van der Waals surface area contributed by atoms with Crippen LogP contribution >= 0.6 is 11.3 Å². The van der Waals surface area contributed by atoms with Crippen molar-refractivity contribution in [1.82, 2.24) is 10.3 Å². The summed E-state index contributed by atoms with van der Waals surface area (Å²) in [7, 11) is 0. The Morgan fingerprint density at radius 1 is 1.17 bits per heavy atom. The fourth-order valence-corrected chi connectivity index (χ4v) is 3.29. The van der Waals surface area contributed by atoms with Crippen LogP contribution in [0.4, 0.5) is 4.39 Å². The van der Waals surface area contributed by atoms with Crippen LogP contribution in [0.25, 0.3) is 0 Å². The van der Waals surface area contributed by atoms with E-state index in [0.29, 0.717) is 23.2 Å². The molecule has 1 amide bonds. The number of thiazole rings is 1. The number of carbonyl (C=O) groups excluding carboxylic acids is 1. The molecule has 0 bridgehead atoms. The van der Waals surface area contributed by atoms with Crippen molar-refractivity contribution in [3.8, 4) is 27.5 Å². The van der Waals surface area contributed by atoms with E-state index in [2.05, 4.69) is 10.3 Å². The van der Waals surface area contributed by atoms with E-state index in [1.165, 1.54) is 25.3 Å². The minimum atomic E-state index is -0.523.